The van der Waals surface area contributed by atoms with Gasteiger partial charge in [-0.2, -0.15) is 0 Å². The maximum absolute atomic E-state index is 12.4. The number of amides is 1. The average Bonchev–Trinajstić information content (AvgIpc) is 3.56. The SMILES string of the molecule is CS(=O)(=O)NC(=O)c1ccc2c(Oc3ccc(C[C@@H](CO)N(Cc4ccccc4)C[C@H](O)COc4cccc5[nH]c6ccccc6c45)cc3)ccnc2c1. The lowest BCUT2D eigenvalue weighted by molar-refractivity contribution is 0.0339. The van der Waals surface area contributed by atoms with E-state index in [-0.39, 0.29) is 31.4 Å². The third kappa shape index (κ3) is 8.70. The van der Waals surface area contributed by atoms with Gasteiger partial charge in [0.15, 0.2) is 0 Å². The number of hydrogen-bond acceptors (Lipinski definition) is 9. The molecule has 1 amide bonds. The van der Waals surface area contributed by atoms with Crippen molar-refractivity contribution in [3.8, 4) is 17.2 Å². The molecular weight excluding hydrogens is 705 g/mol. The molecule has 0 bridgehead atoms. The number of hydrogen-bond donors (Lipinski definition) is 4. The number of pyridine rings is 1. The van der Waals surface area contributed by atoms with Gasteiger partial charge in [-0.1, -0.05) is 66.7 Å². The Hall–Kier alpha value is -5.79. The lowest BCUT2D eigenvalue weighted by atomic mass is 10.0. The maximum Gasteiger partial charge on any atom is 0.264 e. The predicted molar refractivity (Wildman–Crippen MR) is 209 cm³/mol. The number of aromatic amines is 1. The van der Waals surface area contributed by atoms with Crippen LogP contribution in [0.4, 0.5) is 0 Å². The van der Waals surface area contributed by atoms with Gasteiger partial charge < -0.3 is 24.7 Å². The van der Waals surface area contributed by atoms with Crippen molar-refractivity contribution in [3.63, 3.8) is 0 Å². The number of carbonyl (C=O) groups is 1. The molecule has 0 unspecified atom stereocenters. The number of fused-ring (bicyclic) bond motifs is 4. The molecule has 7 rings (SSSR count). The molecule has 0 aliphatic rings. The Kier molecular flexibility index (Phi) is 10.9. The van der Waals surface area contributed by atoms with E-state index in [0.29, 0.717) is 41.1 Å². The third-order valence-electron chi connectivity index (χ3n) is 9.19. The number of aromatic nitrogens is 2. The Bertz CT molecular complexity index is 2510. The van der Waals surface area contributed by atoms with E-state index in [0.717, 1.165) is 39.2 Å². The Labute approximate surface area is 312 Å². The number of H-pyrrole nitrogens is 1. The fourth-order valence-electron chi connectivity index (χ4n) is 6.64. The topological polar surface area (TPSA) is 154 Å². The van der Waals surface area contributed by atoms with Crippen molar-refractivity contribution < 1.29 is 32.9 Å². The molecular formula is C42H40N4O7S. The summed E-state index contributed by atoms with van der Waals surface area (Å²) in [5.41, 5.74) is 4.64. The fourth-order valence-corrected chi connectivity index (χ4v) is 7.09. The van der Waals surface area contributed by atoms with Gasteiger partial charge in [0.2, 0.25) is 10.0 Å². The quantitative estimate of drug-likeness (QED) is 0.0962. The van der Waals surface area contributed by atoms with Gasteiger partial charge in [-0.05, 0) is 72.1 Å². The maximum atomic E-state index is 12.4. The number of nitrogens with zero attached hydrogens (tertiary/aromatic N) is 2. The van der Waals surface area contributed by atoms with Gasteiger partial charge in [0.25, 0.3) is 5.91 Å². The van der Waals surface area contributed by atoms with E-state index in [4.69, 9.17) is 9.47 Å². The summed E-state index contributed by atoms with van der Waals surface area (Å²) in [4.78, 5) is 22.2. The molecule has 0 spiro atoms. The molecule has 2 aromatic heterocycles. The first-order chi connectivity index (χ1) is 26.1. The summed E-state index contributed by atoms with van der Waals surface area (Å²) in [5.74, 6) is 1.04. The molecule has 0 saturated heterocycles. The van der Waals surface area contributed by atoms with Crippen molar-refractivity contribution in [3.05, 3.63) is 144 Å². The minimum atomic E-state index is -3.71. The highest BCUT2D eigenvalue weighted by molar-refractivity contribution is 7.89. The highest BCUT2D eigenvalue weighted by atomic mass is 32.2. The number of para-hydroxylation sites is 1. The second kappa shape index (κ2) is 16.1. The lowest BCUT2D eigenvalue weighted by Gasteiger charge is -2.32. The minimum Gasteiger partial charge on any atom is -0.490 e. The largest absolute Gasteiger partial charge is 0.490 e. The number of ether oxygens (including phenoxy) is 2. The number of nitrogens with one attached hydrogen (secondary N) is 2. The van der Waals surface area contributed by atoms with Gasteiger partial charge >= 0.3 is 0 Å². The second-order valence-corrected chi connectivity index (χ2v) is 15.0. The lowest BCUT2D eigenvalue weighted by Crippen LogP contribution is -2.44. The minimum absolute atomic E-state index is 0.0763. The van der Waals surface area contributed by atoms with Gasteiger partial charge in [-0.25, -0.2) is 13.1 Å². The zero-order chi connectivity index (χ0) is 37.7. The molecule has 0 aliphatic heterocycles. The van der Waals surface area contributed by atoms with E-state index in [1.807, 2.05) is 95.7 Å². The molecule has 0 fully saturated rings. The number of benzene rings is 5. The number of aliphatic hydroxyl groups excluding tert-OH is 2. The molecule has 2 heterocycles. The zero-order valence-electron chi connectivity index (χ0n) is 29.6. The van der Waals surface area contributed by atoms with E-state index in [9.17, 15) is 23.4 Å². The first-order valence-electron chi connectivity index (χ1n) is 17.5. The molecule has 11 nitrogen and oxygen atoms in total. The van der Waals surface area contributed by atoms with Crippen molar-refractivity contribution in [2.75, 3.05) is 26.0 Å². The van der Waals surface area contributed by atoms with Crippen LogP contribution in [0, 0.1) is 0 Å². The Balaban J connectivity index is 1.04. The van der Waals surface area contributed by atoms with E-state index in [2.05, 4.69) is 20.9 Å². The first kappa shape index (κ1) is 36.6. The molecule has 7 aromatic rings. The van der Waals surface area contributed by atoms with E-state index in [1.54, 1.807) is 18.3 Å². The first-order valence-corrected chi connectivity index (χ1v) is 19.4. The smallest absolute Gasteiger partial charge is 0.264 e. The number of sulfonamides is 1. The van der Waals surface area contributed by atoms with Crippen LogP contribution in [0.2, 0.25) is 0 Å². The molecule has 5 aromatic carbocycles. The summed E-state index contributed by atoms with van der Waals surface area (Å²) < 4.78 is 37.4. The van der Waals surface area contributed by atoms with Gasteiger partial charge in [0.05, 0.1) is 23.9 Å². The molecule has 0 aliphatic carbocycles. The monoisotopic (exact) mass is 744 g/mol. The zero-order valence-corrected chi connectivity index (χ0v) is 30.4. The number of rotatable bonds is 15. The van der Waals surface area contributed by atoms with Gasteiger partial charge in [-0.3, -0.25) is 14.7 Å². The van der Waals surface area contributed by atoms with Crippen LogP contribution in [0.1, 0.15) is 21.5 Å². The van der Waals surface area contributed by atoms with Crippen LogP contribution in [0.5, 0.6) is 17.2 Å². The van der Waals surface area contributed by atoms with Crippen molar-refractivity contribution >= 4 is 48.6 Å². The molecule has 4 N–H and O–H groups in total. The van der Waals surface area contributed by atoms with E-state index >= 15 is 0 Å². The summed E-state index contributed by atoms with van der Waals surface area (Å²) in [6.45, 7) is 0.750. The normalized spacial score (nSPS) is 13.0. The average molecular weight is 745 g/mol. The summed E-state index contributed by atoms with van der Waals surface area (Å²) in [7, 11) is -3.71. The second-order valence-electron chi connectivity index (χ2n) is 13.3. The van der Waals surface area contributed by atoms with E-state index in [1.165, 1.54) is 12.1 Å². The van der Waals surface area contributed by atoms with Gasteiger partial charge in [-0.15, -0.1) is 0 Å². The predicted octanol–water partition coefficient (Wildman–Crippen LogP) is 6.20. The highest BCUT2D eigenvalue weighted by Crippen LogP contribution is 2.33. The van der Waals surface area contributed by atoms with Crippen LogP contribution in [0.25, 0.3) is 32.7 Å². The summed E-state index contributed by atoms with van der Waals surface area (Å²) >= 11 is 0. The Morgan fingerprint density at radius 3 is 2.39 bits per heavy atom. The number of carbonyl (C=O) groups excluding carboxylic acids is 1. The molecule has 54 heavy (non-hydrogen) atoms. The Morgan fingerprint density at radius 1 is 0.852 bits per heavy atom. The van der Waals surface area contributed by atoms with Crippen LogP contribution >= 0.6 is 0 Å². The standard InChI is InChI=1S/C42H40N4O7S/c1-54(50,51)45-42(49)30-16-19-34-38(23-30)43-21-20-39(34)53-33-17-14-28(15-18-33)22-31(26-47)46(24-29-8-3-2-4-9-29)25-32(48)27-52-40-13-7-12-37-41(40)35-10-5-6-11-36(35)44-37/h2-21,23,31-32,44,47-48H,22,24-27H2,1H3,(H,45,49)/t31-,32-/m0/s1. The van der Waals surface area contributed by atoms with Crippen molar-refractivity contribution in [1.82, 2.24) is 19.6 Å². The summed E-state index contributed by atoms with van der Waals surface area (Å²) in [6.07, 6.45) is 2.16. The van der Waals surface area contributed by atoms with Crippen LogP contribution in [-0.4, -0.2) is 77.6 Å². The Morgan fingerprint density at radius 2 is 1.61 bits per heavy atom. The number of aliphatic hydroxyl groups is 2. The summed E-state index contributed by atoms with van der Waals surface area (Å²) in [6, 6.07) is 37.6. The van der Waals surface area contributed by atoms with Crippen LogP contribution in [0.15, 0.2) is 128 Å². The summed E-state index contributed by atoms with van der Waals surface area (Å²) in [5, 5.41) is 24.7. The molecule has 0 saturated carbocycles. The molecule has 12 heteroatoms. The molecule has 2 atom stereocenters. The highest BCUT2D eigenvalue weighted by Gasteiger charge is 2.23. The van der Waals surface area contributed by atoms with Crippen molar-refractivity contribution in [2.45, 2.75) is 25.1 Å². The fraction of sp³-hybridized carbons (Fsp3) is 0.190. The third-order valence-corrected chi connectivity index (χ3v) is 9.75. The molecule has 0 radical (unpaired) electrons. The van der Waals surface area contributed by atoms with Crippen LogP contribution in [-0.2, 0) is 23.0 Å². The molecule has 276 valence electrons. The van der Waals surface area contributed by atoms with Crippen molar-refractivity contribution in [1.29, 1.82) is 0 Å². The van der Waals surface area contributed by atoms with Gasteiger partial charge in [0, 0.05) is 52.6 Å². The van der Waals surface area contributed by atoms with Gasteiger partial charge in [0.1, 0.15) is 30.0 Å². The van der Waals surface area contributed by atoms with E-state index < -0.39 is 22.0 Å². The van der Waals surface area contributed by atoms with Crippen LogP contribution in [0.3, 0.4) is 0 Å². The van der Waals surface area contributed by atoms with Crippen molar-refractivity contribution in [2.24, 2.45) is 0 Å². The van der Waals surface area contributed by atoms with Crippen LogP contribution < -0.4 is 14.2 Å².